The van der Waals surface area contributed by atoms with E-state index in [1.54, 1.807) is 12.1 Å². The fourth-order valence-electron chi connectivity index (χ4n) is 2.47. The van der Waals surface area contributed by atoms with Crippen LogP contribution in [0.4, 0.5) is 0 Å². The molecule has 1 unspecified atom stereocenters. The van der Waals surface area contributed by atoms with Gasteiger partial charge in [0.2, 0.25) is 0 Å². The molecule has 132 valence electrons. The molecule has 1 atom stereocenters. The Labute approximate surface area is 151 Å². The van der Waals surface area contributed by atoms with Crippen LogP contribution in [0.5, 0.6) is 0 Å². The fourth-order valence-corrected chi connectivity index (χ4v) is 3.10. The first-order valence-electron chi connectivity index (χ1n) is 8.47. The van der Waals surface area contributed by atoms with Gasteiger partial charge < -0.3 is 0 Å². The van der Waals surface area contributed by atoms with Crippen LogP contribution < -0.4 is 0 Å². The molecule has 0 radical (unpaired) electrons. The van der Waals surface area contributed by atoms with Gasteiger partial charge in [-0.05, 0) is 43.2 Å². The van der Waals surface area contributed by atoms with Crippen LogP contribution in [-0.2, 0) is 16.4 Å². The molecule has 2 rings (SSSR count). The zero-order valence-corrected chi connectivity index (χ0v) is 15.9. The van der Waals surface area contributed by atoms with Crippen LogP contribution in [0.15, 0.2) is 59.5 Å². The van der Waals surface area contributed by atoms with E-state index < -0.39 is 9.84 Å². The molecule has 2 aromatic carbocycles. The van der Waals surface area contributed by atoms with Crippen LogP contribution >= 0.6 is 0 Å². The molecule has 0 aromatic heterocycles. The first kappa shape index (κ1) is 19.2. The molecule has 0 aliphatic heterocycles. The molecule has 0 aliphatic rings. The van der Waals surface area contributed by atoms with Crippen molar-refractivity contribution in [3.63, 3.8) is 0 Å². The Hall–Kier alpha value is -2.09. The Morgan fingerprint density at radius 3 is 2.24 bits per heavy atom. The molecule has 0 fully saturated rings. The second kappa shape index (κ2) is 8.84. The van der Waals surface area contributed by atoms with Crippen LogP contribution in [0.1, 0.15) is 31.4 Å². The van der Waals surface area contributed by atoms with Gasteiger partial charge in [-0.25, -0.2) is 8.42 Å². The highest BCUT2D eigenvalue weighted by Crippen LogP contribution is 2.14. The third-order valence-electron chi connectivity index (χ3n) is 4.24. The minimum atomic E-state index is -3.15. The van der Waals surface area contributed by atoms with E-state index in [-0.39, 0.29) is 0 Å². The van der Waals surface area contributed by atoms with Gasteiger partial charge >= 0.3 is 0 Å². The van der Waals surface area contributed by atoms with Gasteiger partial charge in [0.15, 0.2) is 9.84 Å². The molecule has 0 saturated carbocycles. The minimum absolute atomic E-state index is 0.357. The Morgan fingerprint density at radius 2 is 1.68 bits per heavy atom. The molecule has 0 aliphatic carbocycles. The van der Waals surface area contributed by atoms with Crippen molar-refractivity contribution in [2.75, 3.05) is 12.8 Å². The summed E-state index contributed by atoms with van der Waals surface area (Å²) in [6, 6.07) is 17.5. The summed E-state index contributed by atoms with van der Waals surface area (Å²) < 4.78 is 23.1. The first-order chi connectivity index (χ1) is 11.9. The van der Waals surface area contributed by atoms with Crippen LogP contribution in [0.25, 0.3) is 0 Å². The highest BCUT2D eigenvalue weighted by atomic mass is 32.2. The number of hydrogen-bond donors (Lipinski definition) is 0. The number of benzene rings is 2. The van der Waals surface area contributed by atoms with Crippen LogP contribution in [0, 0.1) is 11.8 Å². The summed E-state index contributed by atoms with van der Waals surface area (Å²) in [6.45, 7) is 5.78. The SMILES string of the molecule is CCC(C)N(CC#Cc1ccccc1)Cc1ccc(S(C)(=O)=O)cc1. The van der Waals surface area contributed by atoms with Crippen molar-refractivity contribution in [1.29, 1.82) is 0 Å². The second-order valence-corrected chi connectivity index (χ2v) is 8.26. The van der Waals surface area contributed by atoms with Crippen molar-refractivity contribution in [3.05, 3.63) is 65.7 Å². The molecular weight excluding hydrogens is 330 g/mol. The molecule has 3 nitrogen and oxygen atoms in total. The third kappa shape index (κ3) is 6.04. The second-order valence-electron chi connectivity index (χ2n) is 6.25. The largest absolute Gasteiger partial charge is 0.285 e. The van der Waals surface area contributed by atoms with E-state index in [1.165, 1.54) is 6.26 Å². The predicted molar refractivity (Wildman–Crippen MR) is 103 cm³/mol. The van der Waals surface area contributed by atoms with E-state index in [2.05, 4.69) is 30.6 Å². The zero-order chi connectivity index (χ0) is 18.3. The van der Waals surface area contributed by atoms with E-state index in [9.17, 15) is 8.42 Å². The molecule has 0 saturated heterocycles. The zero-order valence-electron chi connectivity index (χ0n) is 15.1. The van der Waals surface area contributed by atoms with Crippen molar-refractivity contribution in [2.24, 2.45) is 0 Å². The smallest absolute Gasteiger partial charge is 0.175 e. The molecule has 0 N–H and O–H groups in total. The molecule has 2 aromatic rings. The topological polar surface area (TPSA) is 37.4 Å². The summed E-state index contributed by atoms with van der Waals surface area (Å²) in [5, 5.41) is 0. The van der Waals surface area contributed by atoms with Gasteiger partial charge in [-0.15, -0.1) is 0 Å². The van der Waals surface area contributed by atoms with E-state index in [0.29, 0.717) is 17.5 Å². The van der Waals surface area contributed by atoms with Gasteiger partial charge in [0.1, 0.15) is 0 Å². The van der Waals surface area contributed by atoms with Gasteiger partial charge in [0, 0.05) is 24.4 Å². The number of hydrogen-bond acceptors (Lipinski definition) is 3. The van der Waals surface area contributed by atoms with Gasteiger partial charge in [-0.1, -0.05) is 49.1 Å². The molecule has 0 amide bonds. The van der Waals surface area contributed by atoms with Crippen LogP contribution in [0.3, 0.4) is 0 Å². The lowest BCUT2D eigenvalue weighted by molar-refractivity contribution is 0.221. The molecule has 4 heteroatoms. The maximum absolute atomic E-state index is 11.6. The Bertz CT molecular complexity index is 831. The molecule has 25 heavy (non-hydrogen) atoms. The summed E-state index contributed by atoms with van der Waals surface area (Å²) in [5.74, 6) is 6.45. The normalized spacial score (nSPS) is 12.5. The predicted octanol–water partition coefficient (Wildman–Crippen LogP) is 3.74. The fraction of sp³-hybridized carbons (Fsp3) is 0.333. The van der Waals surface area contributed by atoms with Gasteiger partial charge in [0.25, 0.3) is 0 Å². The van der Waals surface area contributed by atoms with E-state index in [1.807, 2.05) is 42.5 Å². The van der Waals surface area contributed by atoms with Gasteiger partial charge in [-0.2, -0.15) is 0 Å². The van der Waals surface area contributed by atoms with Gasteiger partial charge in [-0.3, -0.25) is 4.90 Å². The van der Waals surface area contributed by atoms with E-state index in [0.717, 1.165) is 24.1 Å². The van der Waals surface area contributed by atoms with E-state index in [4.69, 9.17) is 0 Å². The van der Waals surface area contributed by atoms with Gasteiger partial charge in [0.05, 0.1) is 11.4 Å². The lowest BCUT2D eigenvalue weighted by Crippen LogP contribution is -2.32. The average Bonchev–Trinajstić information content (AvgIpc) is 2.61. The van der Waals surface area contributed by atoms with Crippen LogP contribution in [-0.4, -0.2) is 32.2 Å². The highest BCUT2D eigenvalue weighted by molar-refractivity contribution is 7.90. The molecule has 0 bridgehead atoms. The molecule has 0 spiro atoms. The standard InChI is InChI=1S/C21H25NO2S/c1-4-18(2)22(16-8-11-19-9-6-5-7-10-19)17-20-12-14-21(15-13-20)25(3,23)24/h5-7,9-10,12-15,18H,4,16-17H2,1-3H3. The maximum Gasteiger partial charge on any atom is 0.175 e. The highest BCUT2D eigenvalue weighted by Gasteiger charge is 2.12. The quantitative estimate of drug-likeness (QED) is 0.741. The Balaban J connectivity index is 2.09. The molecular formula is C21H25NO2S. The summed E-state index contributed by atoms with van der Waals surface area (Å²) in [7, 11) is -3.15. The van der Waals surface area contributed by atoms with Crippen molar-refractivity contribution < 1.29 is 8.42 Å². The monoisotopic (exact) mass is 355 g/mol. The average molecular weight is 356 g/mol. The Kier molecular flexibility index (Phi) is 6.81. The maximum atomic E-state index is 11.6. The first-order valence-corrected chi connectivity index (χ1v) is 10.4. The lowest BCUT2D eigenvalue weighted by atomic mass is 10.1. The van der Waals surface area contributed by atoms with Crippen molar-refractivity contribution in [3.8, 4) is 11.8 Å². The summed E-state index contributed by atoms with van der Waals surface area (Å²) in [6.07, 6.45) is 2.26. The lowest BCUT2D eigenvalue weighted by Gasteiger charge is -2.26. The number of nitrogens with zero attached hydrogens (tertiary/aromatic N) is 1. The summed E-state index contributed by atoms with van der Waals surface area (Å²) >= 11 is 0. The van der Waals surface area contributed by atoms with Crippen molar-refractivity contribution in [1.82, 2.24) is 4.90 Å². The number of rotatable bonds is 6. The van der Waals surface area contributed by atoms with Crippen LogP contribution in [0.2, 0.25) is 0 Å². The third-order valence-corrected chi connectivity index (χ3v) is 5.37. The van der Waals surface area contributed by atoms with E-state index >= 15 is 0 Å². The summed E-state index contributed by atoms with van der Waals surface area (Å²) in [5.41, 5.74) is 2.11. The summed E-state index contributed by atoms with van der Waals surface area (Å²) in [4.78, 5) is 2.67. The Morgan fingerprint density at radius 1 is 1.04 bits per heavy atom. The van der Waals surface area contributed by atoms with Crippen molar-refractivity contribution in [2.45, 2.75) is 37.8 Å². The van der Waals surface area contributed by atoms with Crippen molar-refractivity contribution >= 4 is 9.84 Å². The minimum Gasteiger partial charge on any atom is -0.285 e. The number of sulfone groups is 1. The molecule has 0 heterocycles.